The van der Waals surface area contributed by atoms with Crippen molar-refractivity contribution in [2.24, 2.45) is 0 Å². The van der Waals surface area contributed by atoms with E-state index in [1.807, 2.05) is 38.1 Å². The monoisotopic (exact) mass is 1240 g/mol. The molecule has 0 aromatic heterocycles. The van der Waals surface area contributed by atoms with Crippen LogP contribution < -0.4 is 63.2 Å². The van der Waals surface area contributed by atoms with Crippen LogP contribution in [0.5, 0.6) is 0 Å². The molecule has 0 fully saturated rings. The maximum atomic E-state index is 13.6. The number of carbonyl (C=O) groups excluding carboxylic acids is 7. The lowest BCUT2D eigenvalue weighted by Gasteiger charge is -2.17. The Hall–Kier alpha value is -9.37. The van der Waals surface area contributed by atoms with Crippen LogP contribution >= 0.6 is 0 Å². The molecule has 12 N–H and O–H groups in total. The van der Waals surface area contributed by atoms with Gasteiger partial charge in [-0.1, -0.05) is 75.2 Å². The number of sulfonamides is 2. The van der Waals surface area contributed by atoms with Crippen molar-refractivity contribution < 1.29 is 55.2 Å². The van der Waals surface area contributed by atoms with Gasteiger partial charge in [0, 0.05) is 54.5 Å². The second kappa shape index (κ2) is 32.9. The minimum Gasteiger partial charge on any atom is -0.352 e. The molecule has 0 saturated heterocycles. The highest BCUT2D eigenvalue weighted by atomic mass is 32.2. The molecule has 6 aromatic carbocycles. The minimum atomic E-state index is -4.13. The Bertz CT molecular complexity index is 3700. The quantitative estimate of drug-likeness (QED) is 0.0120. The van der Waals surface area contributed by atoms with Gasteiger partial charge in [0.15, 0.2) is 0 Å². The minimum absolute atomic E-state index is 0.0236. The van der Waals surface area contributed by atoms with Crippen LogP contribution in [-0.2, 0) is 73.1 Å². The average Bonchev–Trinajstić information content (AvgIpc) is 3.70. The molecule has 0 bridgehead atoms. The van der Waals surface area contributed by atoms with Crippen LogP contribution in [0.25, 0.3) is 0 Å². The van der Waals surface area contributed by atoms with Gasteiger partial charge in [0.2, 0.25) is 11.8 Å². The lowest BCUT2D eigenvalue weighted by molar-refractivity contribution is -0.138. The van der Waals surface area contributed by atoms with E-state index in [2.05, 4.69) is 63.2 Å². The summed E-state index contributed by atoms with van der Waals surface area (Å²) in [5, 5.41) is 13.6. The van der Waals surface area contributed by atoms with Gasteiger partial charge in [-0.3, -0.25) is 69.5 Å². The van der Waals surface area contributed by atoms with Crippen molar-refractivity contribution in [3.63, 3.8) is 0 Å². The number of carbonyl (C=O) groups is 7. The summed E-state index contributed by atoms with van der Waals surface area (Å²) >= 11 is 0. The van der Waals surface area contributed by atoms with E-state index in [4.69, 9.17) is 4.84 Å². The molecule has 0 aliphatic heterocycles. The third-order valence-corrected chi connectivity index (χ3v) is 16.5. The van der Waals surface area contributed by atoms with E-state index in [0.29, 0.717) is 95.2 Å². The van der Waals surface area contributed by atoms with Crippen LogP contribution in [0.2, 0.25) is 0 Å². The Morgan fingerprint density at radius 1 is 0.443 bits per heavy atom. The second-order valence-corrected chi connectivity index (χ2v) is 23.9. The van der Waals surface area contributed by atoms with Gasteiger partial charge >= 0.3 is 23.6 Å². The van der Waals surface area contributed by atoms with Gasteiger partial charge in [0.1, 0.15) is 0 Å². The van der Waals surface area contributed by atoms with Gasteiger partial charge in [0.05, 0.1) is 40.6 Å². The molecule has 0 radical (unpaired) electrons. The van der Waals surface area contributed by atoms with Crippen LogP contribution in [0.3, 0.4) is 0 Å². The number of hydrogen-bond donors (Lipinski definition) is 12. The SMILES string of the molecule is CCCNC(=O)C(=O)NNc1ccc(NS(=O)(=O)c2ccc(C)c(NC(=O)Cc3cccc(CONCCCCCCNC(=O)c4cccc(CC(=O)Nc5c(C)ccc(S(=O)(=O)Nc6ccc(NNC(=O)C(=O)NCCC)cc6)c5C)c4)c3)c2C)cc1. The molecule has 0 saturated carbocycles. The first kappa shape index (κ1) is 67.8. The van der Waals surface area contributed by atoms with Crippen molar-refractivity contribution in [2.45, 2.75) is 109 Å². The van der Waals surface area contributed by atoms with Crippen molar-refractivity contribution in [1.82, 2.24) is 32.3 Å². The molecule has 0 heterocycles. The maximum Gasteiger partial charge on any atom is 0.327 e. The van der Waals surface area contributed by atoms with E-state index in [9.17, 15) is 50.4 Å². The molecular weight excluding hydrogens is 1170 g/mol. The number of benzene rings is 6. The molecule has 6 aromatic rings. The summed E-state index contributed by atoms with van der Waals surface area (Å²) in [6.07, 6.45) is 4.59. The highest BCUT2D eigenvalue weighted by molar-refractivity contribution is 7.93. The number of hydrazine groups is 2. The molecule has 0 spiro atoms. The van der Waals surface area contributed by atoms with Gasteiger partial charge in [-0.2, -0.15) is 0 Å². The van der Waals surface area contributed by atoms with Gasteiger partial charge in [-0.05, 0) is 165 Å². The van der Waals surface area contributed by atoms with Crippen molar-refractivity contribution in [3.8, 4) is 0 Å². The van der Waals surface area contributed by atoms with Gasteiger partial charge in [-0.25, -0.2) is 22.3 Å². The first-order valence-electron chi connectivity index (χ1n) is 28.6. The fourth-order valence-electron chi connectivity index (χ4n) is 8.87. The Morgan fingerprint density at radius 2 is 0.875 bits per heavy atom. The highest BCUT2D eigenvalue weighted by Crippen LogP contribution is 2.31. The Balaban J connectivity index is 0.866. The Morgan fingerprint density at radius 3 is 1.35 bits per heavy atom. The number of rotatable bonds is 31. The Kier molecular flexibility index (Phi) is 25.4. The average molecular weight is 1250 g/mol. The number of anilines is 6. The molecule has 26 heteroatoms. The molecule has 0 atom stereocenters. The smallest absolute Gasteiger partial charge is 0.327 e. The second-order valence-electron chi connectivity index (χ2n) is 20.6. The predicted molar refractivity (Wildman–Crippen MR) is 338 cm³/mol. The number of aryl methyl sites for hydroxylation is 2. The number of amides is 7. The van der Waals surface area contributed by atoms with Gasteiger partial charge in [-0.15, -0.1) is 0 Å². The third kappa shape index (κ3) is 20.7. The zero-order valence-corrected chi connectivity index (χ0v) is 51.6. The molecule has 88 heavy (non-hydrogen) atoms. The summed E-state index contributed by atoms with van der Waals surface area (Å²) in [7, 11) is -8.23. The van der Waals surface area contributed by atoms with E-state index in [0.717, 1.165) is 36.8 Å². The van der Waals surface area contributed by atoms with Crippen LogP contribution in [0.1, 0.15) is 102 Å². The topological polar surface area (TPSA) is 341 Å². The fourth-order valence-corrected chi connectivity index (χ4v) is 11.5. The molecule has 0 aliphatic rings. The molecular formula is C62H76N12O12S2. The number of nitrogens with one attached hydrogen (secondary N) is 12. The predicted octanol–water partition coefficient (Wildman–Crippen LogP) is 6.83. The van der Waals surface area contributed by atoms with E-state index >= 15 is 0 Å². The summed E-state index contributed by atoms with van der Waals surface area (Å²) in [5.41, 5.74) is 19.3. The maximum absolute atomic E-state index is 13.6. The van der Waals surface area contributed by atoms with E-state index in [1.54, 1.807) is 64.1 Å². The summed E-state index contributed by atoms with van der Waals surface area (Å²) < 4.78 is 59.4. The first-order valence-corrected chi connectivity index (χ1v) is 31.6. The Labute approximate surface area is 512 Å². The largest absolute Gasteiger partial charge is 0.352 e. The van der Waals surface area contributed by atoms with Crippen molar-refractivity contribution in [1.29, 1.82) is 0 Å². The third-order valence-electron chi connectivity index (χ3n) is 13.5. The molecule has 468 valence electrons. The van der Waals surface area contributed by atoms with E-state index < -0.39 is 49.6 Å². The first-order chi connectivity index (χ1) is 42.1. The molecule has 24 nitrogen and oxygen atoms in total. The summed E-state index contributed by atoms with van der Waals surface area (Å²) in [5.74, 6) is -4.35. The van der Waals surface area contributed by atoms with Gasteiger partial charge in [0.25, 0.3) is 26.0 Å². The fraction of sp³-hybridized carbons (Fsp3) is 0.306. The zero-order chi connectivity index (χ0) is 63.8. The number of hydroxylamine groups is 1. The van der Waals surface area contributed by atoms with Crippen LogP contribution in [0, 0.1) is 27.7 Å². The summed E-state index contributed by atoms with van der Waals surface area (Å²) in [6, 6.07) is 32.3. The van der Waals surface area contributed by atoms with Crippen molar-refractivity contribution in [2.75, 3.05) is 57.1 Å². The van der Waals surface area contributed by atoms with Crippen LogP contribution in [-0.4, -0.2) is 84.4 Å². The molecule has 7 amide bonds. The summed E-state index contributed by atoms with van der Waals surface area (Å²) in [6.45, 7) is 12.5. The number of hydrogen-bond acceptors (Lipinski definition) is 15. The molecule has 0 unspecified atom stereocenters. The van der Waals surface area contributed by atoms with E-state index in [-0.39, 0.29) is 52.4 Å². The summed E-state index contributed by atoms with van der Waals surface area (Å²) in [4.78, 5) is 93.1. The van der Waals surface area contributed by atoms with E-state index in [1.165, 1.54) is 60.7 Å². The number of unbranched alkanes of at least 4 members (excludes halogenated alkanes) is 3. The van der Waals surface area contributed by atoms with Crippen molar-refractivity contribution >= 4 is 95.5 Å². The zero-order valence-electron chi connectivity index (χ0n) is 50.0. The lowest BCUT2D eigenvalue weighted by Crippen LogP contribution is -2.42. The van der Waals surface area contributed by atoms with Crippen LogP contribution in [0.15, 0.2) is 131 Å². The van der Waals surface area contributed by atoms with Gasteiger partial charge < -0.3 is 26.6 Å². The normalized spacial score (nSPS) is 11.1. The lowest BCUT2D eigenvalue weighted by atomic mass is 10.1. The van der Waals surface area contributed by atoms with Crippen molar-refractivity contribution in [3.05, 3.63) is 166 Å². The standard InChI is InChI=1S/C62H76N12O12S2/c1-7-31-63-59(78)61(80)71-69-48-21-25-50(26-22-48)73-87(82,83)52-29-19-40(3)56(42(52)5)67-54(75)37-44-15-13-17-46(35-44)39-86-66-34-12-10-9-11-33-65-58(77)47-18-14-16-45(36-47)38-55(76)68-57-41(4)20-30-53(43(57)6)88(84,85)74-51-27-23-49(24-28-51)70-72-62(81)60(79)64-32-8-2/h13-30,35-36,66,69-70,73-74H,7-12,31-34,37-39H2,1-6H3,(H,63,78)(H,64,79)(H,65,77)(H,67,75)(H,68,76)(H,71,80)(H,72,81). The molecule has 6 rings (SSSR count). The highest BCUT2D eigenvalue weighted by Gasteiger charge is 2.24. The molecule has 0 aliphatic carbocycles. The van der Waals surface area contributed by atoms with Crippen LogP contribution in [0.4, 0.5) is 34.1 Å².